The first kappa shape index (κ1) is 49.8. The number of carbonyl (C=O) groups excluding carboxylic acids is 1. The van der Waals surface area contributed by atoms with E-state index in [4.69, 9.17) is 0 Å². The molecule has 0 aromatic carbocycles. The van der Waals surface area contributed by atoms with Crippen LogP contribution in [0.1, 0.15) is 239 Å². The van der Waals surface area contributed by atoms with Crippen molar-refractivity contribution in [2.45, 2.75) is 257 Å². The lowest BCUT2D eigenvalue weighted by Gasteiger charge is -2.26. The van der Waals surface area contributed by atoms with E-state index in [1.165, 1.54) is 167 Å². The third kappa shape index (κ3) is 37.0. The molecule has 0 aliphatic rings. The monoisotopic (exact) mass is 720 g/mol. The van der Waals surface area contributed by atoms with E-state index in [0.29, 0.717) is 12.8 Å². The van der Waals surface area contributed by atoms with Gasteiger partial charge in [-0.05, 0) is 51.4 Å². The molecule has 1 amide bonds. The number of rotatable bonds is 41. The van der Waals surface area contributed by atoms with Gasteiger partial charge in [0.15, 0.2) is 0 Å². The van der Waals surface area contributed by atoms with Crippen LogP contribution in [0.5, 0.6) is 0 Å². The molecule has 0 heterocycles. The number of unbranched alkanes of at least 4 members (excludes halogenated alkanes) is 29. The number of aliphatic hydroxyl groups is 3. The van der Waals surface area contributed by atoms with Gasteiger partial charge in [-0.3, -0.25) is 4.79 Å². The predicted octanol–water partition coefficient (Wildman–Crippen LogP) is 13.0. The van der Waals surface area contributed by atoms with Crippen LogP contribution in [0.2, 0.25) is 0 Å². The minimum Gasteiger partial charge on any atom is -0.394 e. The fourth-order valence-corrected chi connectivity index (χ4v) is 7.00. The Labute approximate surface area is 318 Å². The van der Waals surface area contributed by atoms with Gasteiger partial charge in [-0.15, -0.1) is 0 Å². The molecule has 0 fully saturated rings. The van der Waals surface area contributed by atoms with Crippen LogP contribution in [0.15, 0.2) is 24.3 Å². The van der Waals surface area contributed by atoms with E-state index < -0.39 is 18.2 Å². The first-order valence-corrected chi connectivity index (χ1v) is 22.6. The van der Waals surface area contributed by atoms with E-state index >= 15 is 0 Å². The van der Waals surface area contributed by atoms with E-state index in [9.17, 15) is 20.1 Å². The zero-order valence-electron chi connectivity index (χ0n) is 34.2. The highest BCUT2D eigenvalue weighted by Gasteiger charge is 2.26. The minimum absolute atomic E-state index is 0.157. The van der Waals surface area contributed by atoms with Crippen molar-refractivity contribution in [1.29, 1.82) is 0 Å². The molecule has 0 aliphatic carbocycles. The summed E-state index contributed by atoms with van der Waals surface area (Å²) < 4.78 is 0. The molecule has 0 aromatic heterocycles. The quantitative estimate of drug-likeness (QED) is 0.0374. The highest BCUT2D eigenvalue weighted by Crippen LogP contribution is 2.16. The van der Waals surface area contributed by atoms with Gasteiger partial charge in [0, 0.05) is 6.42 Å². The van der Waals surface area contributed by atoms with Crippen LogP contribution in [0.3, 0.4) is 0 Å². The van der Waals surface area contributed by atoms with Crippen molar-refractivity contribution >= 4 is 5.91 Å². The zero-order chi connectivity index (χ0) is 37.3. The maximum Gasteiger partial charge on any atom is 0.220 e. The Kier molecular flexibility index (Phi) is 40.6. The predicted molar refractivity (Wildman–Crippen MR) is 222 cm³/mol. The summed E-state index contributed by atoms with van der Waals surface area (Å²) in [6.45, 7) is 4.17. The Balaban J connectivity index is 3.65. The summed E-state index contributed by atoms with van der Waals surface area (Å²) in [5, 5.41) is 33.5. The van der Waals surface area contributed by atoms with Gasteiger partial charge in [-0.2, -0.15) is 0 Å². The molecule has 0 radical (unpaired) electrons. The minimum atomic E-state index is -1.16. The van der Waals surface area contributed by atoms with Gasteiger partial charge in [0.05, 0.1) is 18.8 Å². The van der Waals surface area contributed by atoms with Crippen molar-refractivity contribution in [3.8, 4) is 0 Å². The van der Waals surface area contributed by atoms with Crippen LogP contribution in [-0.4, -0.2) is 46.1 Å². The molecule has 5 nitrogen and oxygen atoms in total. The van der Waals surface area contributed by atoms with Crippen LogP contribution < -0.4 is 5.32 Å². The average Bonchev–Trinajstić information content (AvgIpc) is 3.13. The lowest BCUT2D eigenvalue weighted by Crippen LogP contribution is -2.50. The molecule has 0 saturated heterocycles. The van der Waals surface area contributed by atoms with Gasteiger partial charge in [0.1, 0.15) is 6.10 Å². The molecular weight excluding hydrogens is 631 g/mol. The summed E-state index contributed by atoms with van der Waals surface area (Å²) in [6, 6.07) is -0.828. The van der Waals surface area contributed by atoms with Crippen molar-refractivity contribution in [1.82, 2.24) is 5.32 Å². The van der Waals surface area contributed by atoms with Gasteiger partial charge >= 0.3 is 0 Å². The zero-order valence-corrected chi connectivity index (χ0v) is 34.2. The van der Waals surface area contributed by atoms with Gasteiger partial charge in [-0.25, -0.2) is 0 Å². The number of carbonyl (C=O) groups is 1. The Morgan fingerprint density at radius 1 is 0.471 bits per heavy atom. The van der Waals surface area contributed by atoms with Crippen molar-refractivity contribution < 1.29 is 20.1 Å². The number of hydrogen-bond donors (Lipinski definition) is 4. The van der Waals surface area contributed by atoms with E-state index in [-0.39, 0.29) is 12.5 Å². The molecule has 0 bridgehead atoms. The summed E-state index contributed by atoms with van der Waals surface area (Å²) >= 11 is 0. The van der Waals surface area contributed by atoms with E-state index in [2.05, 4.69) is 43.5 Å². The van der Waals surface area contributed by atoms with E-state index in [1.54, 1.807) is 0 Å². The summed E-state index contributed by atoms with van der Waals surface area (Å²) in [7, 11) is 0. The topological polar surface area (TPSA) is 89.8 Å². The largest absolute Gasteiger partial charge is 0.394 e. The van der Waals surface area contributed by atoms with Gasteiger partial charge in [0.25, 0.3) is 0 Å². The smallest absolute Gasteiger partial charge is 0.220 e. The molecular formula is C46H89NO4. The maximum atomic E-state index is 12.4. The molecule has 51 heavy (non-hydrogen) atoms. The van der Waals surface area contributed by atoms with Crippen molar-refractivity contribution in [3.63, 3.8) is 0 Å². The number of aliphatic hydroxyl groups excluding tert-OH is 3. The molecule has 0 spiro atoms. The van der Waals surface area contributed by atoms with Crippen LogP contribution in [-0.2, 0) is 4.79 Å². The first-order valence-electron chi connectivity index (χ1n) is 22.6. The lowest BCUT2D eigenvalue weighted by molar-refractivity contribution is -0.124. The fourth-order valence-electron chi connectivity index (χ4n) is 7.00. The van der Waals surface area contributed by atoms with E-state index in [1.807, 2.05) is 0 Å². The molecule has 0 saturated carbocycles. The molecule has 3 atom stereocenters. The number of amides is 1. The molecule has 0 rings (SSSR count). The Bertz CT molecular complexity index is 754. The molecule has 3 unspecified atom stereocenters. The van der Waals surface area contributed by atoms with Crippen molar-refractivity contribution in [2.24, 2.45) is 0 Å². The van der Waals surface area contributed by atoms with Crippen LogP contribution in [0.4, 0.5) is 0 Å². The maximum absolute atomic E-state index is 12.4. The van der Waals surface area contributed by atoms with Gasteiger partial charge < -0.3 is 20.6 Å². The fraction of sp³-hybridized carbons (Fsp3) is 0.891. The second-order valence-corrected chi connectivity index (χ2v) is 15.6. The molecule has 0 aliphatic heterocycles. The first-order chi connectivity index (χ1) is 25.1. The SMILES string of the molecule is CCCCCCCCCCCCCCCCC/C=C/CC/C=C/CCCC(O)C(O)C(CO)NC(=O)CCCCCCCCCCCCCCC. The highest BCUT2D eigenvalue weighted by atomic mass is 16.3. The summed E-state index contributed by atoms with van der Waals surface area (Å²) in [5.41, 5.74) is 0. The van der Waals surface area contributed by atoms with Gasteiger partial charge in [-0.1, -0.05) is 205 Å². The number of allylic oxidation sites excluding steroid dienone is 4. The standard InChI is InChI=1S/C46H89NO4/c1-3-5-7-9-11-13-15-17-18-19-20-21-22-23-24-25-26-27-29-30-32-34-36-38-40-44(49)46(51)43(42-48)47-45(50)41-39-37-35-33-31-28-16-14-12-10-8-6-4-2/h26-27,32,34,43-44,46,48-49,51H,3-25,28-31,33,35-42H2,1-2H3,(H,47,50)/b27-26+,34-32+. The average molecular weight is 720 g/mol. The number of nitrogens with one attached hydrogen (secondary N) is 1. The molecule has 302 valence electrons. The number of hydrogen-bond acceptors (Lipinski definition) is 4. The Morgan fingerprint density at radius 3 is 1.20 bits per heavy atom. The molecule has 4 N–H and O–H groups in total. The highest BCUT2D eigenvalue weighted by molar-refractivity contribution is 5.76. The second-order valence-electron chi connectivity index (χ2n) is 15.6. The summed E-state index contributed by atoms with van der Waals surface area (Å²) in [6.07, 6.45) is 50.1. The van der Waals surface area contributed by atoms with Gasteiger partial charge in [0.2, 0.25) is 5.91 Å². The Morgan fingerprint density at radius 2 is 0.804 bits per heavy atom. The lowest BCUT2D eigenvalue weighted by atomic mass is 10.0. The molecule has 0 aromatic rings. The molecule has 5 heteroatoms. The normalized spacial score (nSPS) is 13.7. The van der Waals surface area contributed by atoms with Crippen LogP contribution >= 0.6 is 0 Å². The van der Waals surface area contributed by atoms with Crippen molar-refractivity contribution in [2.75, 3.05) is 6.61 Å². The van der Waals surface area contributed by atoms with Crippen molar-refractivity contribution in [3.05, 3.63) is 24.3 Å². The Hall–Kier alpha value is -1.17. The second kappa shape index (κ2) is 41.6. The van der Waals surface area contributed by atoms with E-state index in [0.717, 1.165) is 44.9 Å². The van der Waals surface area contributed by atoms with Crippen LogP contribution in [0, 0.1) is 0 Å². The summed E-state index contributed by atoms with van der Waals surface area (Å²) in [5.74, 6) is -0.157. The summed E-state index contributed by atoms with van der Waals surface area (Å²) in [4.78, 5) is 12.4. The third-order valence-electron chi connectivity index (χ3n) is 10.5. The third-order valence-corrected chi connectivity index (χ3v) is 10.5. The van der Waals surface area contributed by atoms with Crippen LogP contribution in [0.25, 0.3) is 0 Å².